The second kappa shape index (κ2) is 4.91. The molecule has 7 heteroatoms. The minimum atomic E-state index is -3.99. The van der Waals surface area contributed by atoms with E-state index in [0.717, 1.165) is 18.2 Å². The van der Waals surface area contributed by atoms with Crippen molar-refractivity contribution in [1.29, 1.82) is 0 Å². The van der Waals surface area contributed by atoms with Crippen molar-refractivity contribution in [3.8, 4) is 0 Å². The maximum absolute atomic E-state index is 13.6. The fraction of sp³-hybridized carbons (Fsp3) is 0.455. The lowest BCUT2D eigenvalue weighted by Crippen LogP contribution is -2.52. The molecule has 0 radical (unpaired) electrons. The first-order valence-electron chi connectivity index (χ1n) is 5.60. The summed E-state index contributed by atoms with van der Waals surface area (Å²) in [6.07, 6.45) is 0. The average molecular weight is 276 g/mol. The van der Waals surface area contributed by atoms with Gasteiger partial charge in [-0.15, -0.1) is 0 Å². The fourth-order valence-electron chi connectivity index (χ4n) is 1.98. The quantitative estimate of drug-likeness (QED) is 0.875. The Balaban J connectivity index is 2.44. The molecule has 18 heavy (non-hydrogen) atoms. The third-order valence-corrected chi connectivity index (χ3v) is 4.95. The molecule has 1 aromatic carbocycles. The van der Waals surface area contributed by atoms with Gasteiger partial charge in [-0.05, 0) is 25.1 Å². The highest BCUT2D eigenvalue weighted by atomic mass is 32.2. The minimum absolute atomic E-state index is 0.249. The third kappa shape index (κ3) is 2.38. The monoisotopic (exact) mass is 276 g/mol. The zero-order valence-corrected chi connectivity index (χ0v) is 10.7. The van der Waals surface area contributed by atoms with E-state index in [-0.39, 0.29) is 12.6 Å². The second-order valence-electron chi connectivity index (χ2n) is 4.24. The van der Waals surface area contributed by atoms with Gasteiger partial charge in [0.05, 0.1) is 0 Å². The largest absolute Gasteiger partial charge is 0.314 e. The first kappa shape index (κ1) is 13.4. The SMILES string of the molecule is C[C@@H]1CNCCN1S(=O)(=O)c1cc(F)ccc1F. The predicted molar refractivity (Wildman–Crippen MR) is 62.6 cm³/mol. The molecule has 1 aliphatic rings. The van der Waals surface area contributed by atoms with Crippen molar-refractivity contribution in [3.63, 3.8) is 0 Å². The van der Waals surface area contributed by atoms with Crippen LogP contribution in [-0.4, -0.2) is 38.4 Å². The van der Waals surface area contributed by atoms with Gasteiger partial charge < -0.3 is 5.32 Å². The van der Waals surface area contributed by atoms with Crippen LogP contribution >= 0.6 is 0 Å². The molecule has 100 valence electrons. The van der Waals surface area contributed by atoms with Gasteiger partial charge in [-0.2, -0.15) is 4.31 Å². The van der Waals surface area contributed by atoms with Crippen molar-refractivity contribution in [3.05, 3.63) is 29.8 Å². The van der Waals surface area contributed by atoms with Crippen molar-refractivity contribution in [2.24, 2.45) is 0 Å². The van der Waals surface area contributed by atoms with Gasteiger partial charge in [0.25, 0.3) is 0 Å². The van der Waals surface area contributed by atoms with Crippen LogP contribution < -0.4 is 5.32 Å². The van der Waals surface area contributed by atoms with E-state index >= 15 is 0 Å². The summed E-state index contributed by atoms with van der Waals surface area (Å²) in [6, 6.07) is 2.16. The number of hydrogen-bond acceptors (Lipinski definition) is 3. The van der Waals surface area contributed by atoms with Crippen LogP contribution in [0.2, 0.25) is 0 Å². The Morgan fingerprint density at radius 2 is 2.11 bits per heavy atom. The number of sulfonamides is 1. The summed E-state index contributed by atoms with van der Waals surface area (Å²) in [5, 5.41) is 3.04. The lowest BCUT2D eigenvalue weighted by atomic mass is 10.3. The van der Waals surface area contributed by atoms with Crippen LogP contribution in [0, 0.1) is 11.6 Å². The van der Waals surface area contributed by atoms with Crippen molar-refractivity contribution >= 4 is 10.0 Å². The van der Waals surface area contributed by atoms with Gasteiger partial charge in [-0.3, -0.25) is 0 Å². The Bertz CT molecular complexity index is 548. The Morgan fingerprint density at radius 3 is 2.78 bits per heavy atom. The molecule has 4 nitrogen and oxygen atoms in total. The third-order valence-electron chi connectivity index (χ3n) is 2.92. The Labute approximate surface area is 105 Å². The van der Waals surface area contributed by atoms with Crippen LogP contribution in [0.25, 0.3) is 0 Å². The van der Waals surface area contributed by atoms with Crippen LogP contribution in [0.5, 0.6) is 0 Å². The highest BCUT2D eigenvalue weighted by molar-refractivity contribution is 7.89. The summed E-state index contributed by atoms with van der Waals surface area (Å²) in [5.74, 6) is -1.69. The van der Waals surface area contributed by atoms with Crippen LogP contribution in [0.4, 0.5) is 8.78 Å². The van der Waals surface area contributed by atoms with Crippen molar-refractivity contribution < 1.29 is 17.2 Å². The first-order chi connectivity index (χ1) is 8.43. The normalized spacial score (nSPS) is 22.1. The van der Waals surface area contributed by atoms with E-state index in [0.29, 0.717) is 13.1 Å². The van der Waals surface area contributed by atoms with E-state index in [9.17, 15) is 17.2 Å². The van der Waals surface area contributed by atoms with Crippen molar-refractivity contribution in [2.75, 3.05) is 19.6 Å². The first-order valence-corrected chi connectivity index (χ1v) is 7.04. The summed E-state index contributed by atoms with van der Waals surface area (Å²) in [6.45, 7) is 2.97. The van der Waals surface area contributed by atoms with E-state index in [1.807, 2.05) is 0 Å². The molecule has 0 amide bonds. The van der Waals surface area contributed by atoms with E-state index in [1.54, 1.807) is 6.92 Å². The number of nitrogens with one attached hydrogen (secondary N) is 1. The van der Waals surface area contributed by atoms with E-state index < -0.39 is 26.6 Å². The van der Waals surface area contributed by atoms with E-state index in [1.165, 1.54) is 4.31 Å². The highest BCUT2D eigenvalue weighted by Crippen LogP contribution is 2.22. The molecule has 1 N–H and O–H groups in total. The van der Waals surface area contributed by atoms with Gasteiger partial charge in [0, 0.05) is 25.7 Å². The molecule has 0 bridgehead atoms. The fourth-order valence-corrected chi connectivity index (χ4v) is 3.69. The number of nitrogens with zero attached hydrogens (tertiary/aromatic N) is 1. The molecule has 1 fully saturated rings. The van der Waals surface area contributed by atoms with Gasteiger partial charge in [0.15, 0.2) is 0 Å². The Kier molecular flexibility index (Phi) is 3.65. The maximum atomic E-state index is 13.6. The molecule has 0 saturated carbocycles. The van der Waals surface area contributed by atoms with Gasteiger partial charge in [-0.25, -0.2) is 17.2 Å². The molecule has 0 aromatic heterocycles. The highest BCUT2D eigenvalue weighted by Gasteiger charge is 2.33. The Hall–Kier alpha value is -1.05. The molecule has 1 aliphatic heterocycles. The molecule has 1 aromatic rings. The predicted octanol–water partition coefficient (Wildman–Crippen LogP) is 0.947. The standard InChI is InChI=1S/C11H14F2N2O2S/c1-8-7-14-4-5-15(8)18(16,17)11-6-9(12)2-3-10(11)13/h2-3,6,8,14H,4-5,7H2,1H3/t8-/m1/s1. The van der Waals surface area contributed by atoms with Crippen molar-refractivity contribution in [2.45, 2.75) is 17.9 Å². The van der Waals surface area contributed by atoms with Crippen LogP contribution in [-0.2, 0) is 10.0 Å². The summed E-state index contributed by atoms with van der Waals surface area (Å²) in [4.78, 5) is -0.601. The zero-order chi connectivity index (χ0) is 13.3. The summed E-state index contributed by atoms with van der Waals surface area (Å²) >= 11 is 0. The second-order valence-corrected chi connectivity index (χ2v) is 6.10. The molecule has 0 aliphatic carbocycles. The minimum Gasteiger partial charge on any atom is -0.314 e. The van der Waals surface area contributed by atoms with Crippen molar-refractivity contribution in [1.82, 2.24) is 9.62 Å². The summed E-state index contributed by atoms with van der Waals surface area (Å²) in [7, 11) is -3.99. The van der Waals surface area contributed by atoms with Crippen LogP contribution in [0.15, 0.2) is 23.1 Å². The molecule has 0 unspecified atom stereocenters. The molecule has 0 spiro atoms. The molecule has 1 heterocycles. The summed E-state index contributed by atoms with van der Waals surface area (Å²) in [5.41, 5.74) is 0. The number of rotatable bonds is 2. The lowest BCUT2D eigenvalue weighted by molar-refractivity contribution is 0.282. The zero-order valence-electron chi connectivity index (χ0n) is 9.86. The number of halogens is 2. The molecule has 1 atom stereocenters. The smallest absolute Gasteiger partial charge is 0.246 e. The van der Waals surface area contributed by atoms with Gasteiger partial charge in [-0.1, -0.05) is 0 Å². The molecular formula is C11H14F2N2O2S. The van der Waals surface area contributed by atoms with Crippen LogP contribution in [0.1, 0.15) is 6.92 Å². The number of hydrogen-bond donors (Lipinski definition) is 1. The average Bonchev–Trinajstić information content (AvgIpc) is 2.32. The van der Waals surface area contributed by atoms with Crippen LogP contribution in [0.3, 0.4) is 0 Å². The number of benzene rings is 1. The number of piperazine rings is 1. The molecular weight excluding hydrogens is 262 g/mol. The van der Waals surface area contributed by atoms with E-state index in [4.69, 9.17) is 0 Å². The lowest BCUT2D eigenvalue weighted by Gasteiger charge is -2.32. The molecule has 1 saturated heterocycles. The van der Waals surface area contributed by atoms with E-state index in [2.05, 4.69) is 5.32 Å². The van der Waals surface area contributed by atoms with Gasteiger partial charge >= 0.3 is 0 Å². The summed E-state index contributed by atoms with van der Waals surface area (Å²) < 4.78 is 52.4. The topological polar surface area (TPSA) is 49.4 Å². The Morgan fingerprint density at radius 1 is 1.39 bits per heavy atom. The van der Waals surface area contributed by atoms with Gasteiger partial charge in [0.2, 0.25) is 10.0 Å². The van der Waals surface area contributed by atoms with Gasteiger partial charge in [0.1, 0.15) is 16.5 Å². The maximum Gasteiger partial charge on any atom is 0.246 e. The molecule has 2 rings (SSSR count).